The third kappa shape index (κ3) is 1.38. The summed E-state index contributed by atoms with van der Waals surface area (Å²) in [5, 5.41) is 1.19. The van der Waals surface area contributed by atoms with E-state index in [4.69, 9.17) is 0 Å². The number of halogens is 1. The number of rotatable bonds is 2. The SMILES string of the molecule is CC(CBr)C1CCC2CC1C2(C)C. The molecule has 1 heteroatoms. The highest BCUT2D eigenvalue weighted by molar-refractivity contribution is 9.09. The Hall–Kier alpha value is 0.480. The van der Waals surface area contributed by atoms with Crippen molar-refractivity contribution in [1.82, 2.24) is 0 Å². The largest absolute Gasteiger partial charge is 0.0925 e. The zero-order valence-electron chi connectivity index (χ0n) is 9.02. The van der Waals surface area contributed by atoms with Crippen LogP contribution in [0.4, 0.5) is 0 Å². The van der Waals surface area contributed by atoms with E-state index in [0.29, 0.717) is 5.41 Å². The van der Waals surface area contributed by atoms with Crippen LogP contribution in [0.2, 0.25) is 0 Å². The molecular formula is C12H21Br. The summed E-state index contributed by atoms with van der Waals surface area (Å²) >= 11 is 3.63. The fourth-order valence-corrected chi connectivity index (χ4v) is 4.14. The quantitative estimate of drug-likeness (QED) is 0.643. The topological polar surface area (TPSA) is 0 Å². The molecule has 76 valence electrons. The molecular weight excluding hydrogens is 224 g/mol. The van der Waals surface area contributed by atoms with E-state index in [1.807, 2.05) is 0 Å². The van der Waals surface area contributed by atoms with Gasteiger partial charge in [-0.25, -0.2) is 0 Å². The molecule has 0 aromatic carbocycles. The van der Waals surface area contributed by atoms with Crippen LogP contribution in [-0.4, -0.2) is 5.33 Å². The van der Waals surface area contributed by atoms with Crippen molar-refractivity contribution in [2.45, 2.75) is 40.0 Å². The van der Waals surface area contributed by atoms with Crippen molar-refractivity contribution in [1.29, 1.82) is 0 Å². The van der Waals surface area contributed by atoms with Gasteiger partial charge in [0.15, 0.2) is 0 Å². The second-order valence-corrected chi connectivity index (χ2v) is 6.38. The molecule has 0 aromatic rings. The third-order valence-corrected chi connectivity index (χ3v) is 5.91. The van der Waals surface area contributed by atoms with Crippen LogP contribution >= 0.6 is 15.9 Å². The Kier molecular flexibility index (Phi) is 2.51. The van der Waals surface area contributed by atoms with Crippen LogP contribution < -0.4 is 0 Å². The van der Waals surface area contributed by atoms with Crippen LogP contribution in [0.25, 0.3) is 0 Å². The molecule has 0 amide bonds. The fourth-order valence-electron chi connectivity index (χ4n) is 3.66. The summed E-state index contributed by atoms with van der Waals surface area (Å²) < 4.78 is 0. The molecule has 0 nitrogen and oxygen atoms in total. The molecule has 0 radical (unpaired) electrons. The van der Waals surface area contributed by atoms with E-state index in [1.165, 1.54) is 24.6 Å². The lowest BCUT2D eigenvalue weighted by molar-refractivity contribution is -0.116. The van der Waals surface area contributed by atoms with Gasteiger partial charge in [0.2, 0.25) is 0 Å². The lowest BCUT2D eigenvalue weighted by Gasteiger charge is -2.61. The first-order chi connectivity index (χ1) is 6.07. The van der Waals surface area contributed by atoms with Crippen LogP contribution in [0, 0.1) is 29.1 Å². The Morgan fingerprint density at radius 1 is 1.38 bits per heavy atom. The third-order valence-electron chi connectivity index (χ3n) is 4.89. The molecule has 4 atom stereocenters. The first-order valence-electron chi connectivity index (χ1n) is 5.63. The van der Waals surface area contributed by atoms with Gasteiger partial charge in [-0.1, -0.05) is 36.7 Å². The molecule has 4 unspecified atom stereocenters. The first-order valence-corrected chi connectivity index (χ1v) is 6.75. The molecule has 0 aromatic heterocycles. The van der Waals surface area contributed by atoms with E-state index < -0.39 is 0 Å². The first kappa shape index (κ1) is 10.0. The number of hydrogen-bond donors (Lipinski definition) is 0. The van der Waals surface area contributed by atoms with E-state index in [0.717, 1.165) is 23.7 Å². The minimum absolute atomic E-state index is 0.666. The van der Waals surface area contributed by atoms with Crippen molar-refractivity contribution in [2.24, 2.45) is 29.1 Å². The highest BCUT2D eigenvalue weighted by Crippen LogP contribution is 2.62. The maximum Gasteiger partial charge on any atom is 0.00597 e. The van der Waals surface area contributed by atoms with Crippen molar-refractivity contribution >= 4 is 15.9 Å². The molecule has 3 aliphatic carbocycles. The predicted octanol–water partition coefficient (Wildman–Crippen LogP) is 4.09. The molecule has 3 aliphatic rings. The van der Waals surface area contributed by atoms with Gasteiger partial charge in [0.1, 0.15) is 0 Å². The molecule has 0 heterocycles. The Balaban J connectivity index is 2.07. The van der Waals surface area contributed by atoms with Gasteiger partial charge in [-0.05, 0) is 48.3 Å². The van der Waals surface area contributed by atoms with Crippen molar-refractivity contribution < 1.29 is 0 Å². The zero-order chi connectivity index (χ0) is 9.64. The summed E-state index contributed by atoms with van der Waals surface area (Å²) in [6.45, 7) is 7.38. The smallest absolute Gasteiger partial charge is 0.00597 e. The van der Waals surface area contributed by atoms with Gasteiger partial charge in [-0.15, -0.1) is 0 Å². The Bertz CT molecular complexity index is 195. The predicted molar refractivity (Wildman–Crippen MR) is 61.1 cm³/mol. The van der Waals surface area contributed by atoms with E-state index in [9.17, 15) is 0 Å². The molecule has 0 aliphatic heterocycles. The van der Waals surface area contributed by atoms with Gasteiger partial charge in [0.05, 0.1) is 0 Å². The monoisotopic (exact) mass is 244 g/mol. The summed E-state index contributed by atoms with van der Waals surface area (Å²) in [5.41, 5.74) is 0.666. The number of alkyl halides is 1. The lowest BCUT2D eigenvalue weighted by Crippen LogP contribution is -2.53. The summed E-state index contributed by atoms with van der Waals surface area (Å²) in [6.07, 6.45) is 4.51. The van der Waals surface area contributed by atoms with E-state index >= 15 is 0 Å². The molecule has 0 spiro atoms. The lowest BCUT2D eigenvalue weighted by atomic mass is 9.44. The second kappa shape index (κ2) is 3.25. The highest BCUT2D eigenvalue weighted by Gasteiger charge is 2.54. The van der Waals surface area contributed by atoms with Gasteiger partial charge < -0.3 is 0 Å². The summed E-state index contributed by atoms with van der Waals surface area (Å²) in [5.74, 6) is 3.96. The van der Waals surface area contributed by atoms with Gasteiger partial charge in [-0.3, -0.25) is 0 Å². The molecule has 13 heavy (non-hydrogen) atoms. The van der Waals surface area contributed by atoms with Crippen LogP contribution in [0.1, 0.15) is 40.0 Å². The molecule has 3 saturated carbocycles. The normalized spacial score (nSPS) is 43.8. The minimum atomic E-state index is 0.666. The van der Waals surface area contributed by atoms with E-state index in [-0.39, 0.29) is 0 Å². The summed E-state index contributed by atoms with van der Waals surface area (Å²) in [6, 6.07) is 0. The van der Waals surface area contributed by atoms with E-state index in [1.54, 1.807) is 0 Å². The average Bonchev–Trinajstić information content (AvgIpc) is 2.16. The molecule has 0 N–H and O–H groups in total. The zero-order valence-corrected chi connectivity index (χ0v) is 10.6. The minimum Gasteiger partial charge on any atom is -0.0925 e. The van der Waals surface area contributed by atoms with Gasteiger partial charge in [-0.2, -0.15) is 0 Å². The number of hydrogen-bond acceptors (Lipinski definition) is 0. The summed E-state index contributed by atoms with van der Waals surface area (Å²) in [4.78, 5) is 0. The maximum atomic E-state index is 3.63. The van der Waals surface area contributed by atoms with Gasteiger partial charge >= 0.3 is 0 Å². The average molecular weight is 245 g/mol. The molecule has 3 fully saturated rings. The molecule has 3 rings (SSSR count). The fraction of sp³-hybridized carbons (Fsp3) is 1.00. The van der Waals surface area contributed by atoms with Gasteiger partial charge in [0.25, 0.3) is 0 Å². The van der Waals surface area contributed by atoms with Crippen LogP contribution in [0.3, 0.4) is 0 Å². The Morgan fingerprint density at radius 3 is 2.54 bits per heavy atom. The van der Waals surface area contributed by atoms with Crippen molar-refractivity contribution in [2.75, 3.05) is 5.33 Å². The van der Waals surface area contributed by atoms with Crippen molar-refractivity contribution in [3.8, 4) is 0 Å². The van der Waals surface area contributed by atoms with Gasteiger partial charge in [0, 0.05) is 5.33 Å². The Morgan fingerprint density at radius 2 is 2.08 bits per heavy atom. The number of fused-ring (bicyclic) bond motifs is 2. The van der Waals surface area contributed by atoms with Crippen molar-refractivity contribution in [3.63, 3.8) is 0 Å². The highest BCUT2D eigenvalue weighted by atomic mass is 79.9. The molecule has 2 bridgehead atoms. The Labute approximate surface area is 90.6 Å². The van der Waals surface area contributed by atoms with Crippen LogP contribution in [-0.2, 0) is 0 Å². The van der Waals surface area contributed by atoms with Crippen LogP contribution in [0.5, 0.6) is 0 Å². The standard InChI is InChI=1S/C12H21Br/c1-8(7-13)10-5-4-9-6-11(10)12(9,2)3/h8-11H,4-7H2,1-3H3. The second-order valence-electron chi connectivity index (χ2n) is 5.73. The van der Waals surface area contributed by atoms with E-state index in [2.05, 4.69) is 36.7 Å². The maximum absolute atomic E-state index is 3.63. The van der Waals surface area contributed by atoms with Crippen LogP contribution in [0.15, 0.2) is 0 Å². The van der Waals surface area contributed by atoms with Crippen molar-refractivity contribution in [3.05, 3.63) is 0 Å². The molecule has 0 saturated heterocycles. The summed E-state index contributed by atoms with van der Waals surface area (Å²) in [7, 11) is 0.